The summed E-state index contributed by atoms with van der Waals surface area (Å²) in [6.07, 6.45) is 3.62. The predicted molar refractivity (Wildman–Crippen MR) is 99.9 cm³/mol. The number of aliphatic imine (C=N–C) groups is 1. The fourth-order valence-corrected chi connectivity index (χ4v) is 3.82. The fraction of sp³-hybridized carbons (Fsp3) is 0.667. The number of hydrogen-bond donors (Lipinski definition) is 1. The SMILES string of the molecule is C/C(=N\c1ncnc2c1ncn2[C@H]1CC[C@@H]2OC(C)(C)O[C@@H]2[C@H]1O)N(C)C. The van der Waals surface area contributed by atoms with Crippen LogP contribution < -0.4 is 0 Å². The van der Waals surface area contributed by atoms with Gasteiger partial charge < -0.3 is 24.0 Å². The van der Waals surface area contributed by atoms with Crippen LogP contribution in [0.4, 0.5) is 5.82 Å². The molecule has 1 saturated heterocycles. The van der Waals surface area contributed by atoms with Crippen molar-refractivity contribution in [2.24, 2.45) is 4.99 Å². The van der Waals surface area contributed by atoms with Gasteiger partial charge in [0.1, 0.15) is 24.4 Å². The van der Waals surface area contributed by atoms with E-state index < -0.39 is 11.9 Å². The molecular formula is C18H26N6O3. The first-order valence-corrected chi connectivity index (χ1v) is 9.21. The van der Waals surface area contributed by atoms with Crippen LogP contribution >= 0.6 is 0 Å². The van der Waals surface area contributed by atoms with Crippen LogP contribution in [0.1, 0.15) is 39.7 Å². The zero-order valence-corrected chi connectivity index (χ0v) is 16.3. The van der Waals surface area contributed by atoms with Crippen molar-refractivity contribution in [1.29, 1.82) is 0 Å². The first-order chi connectivity index (χ1) is 12.8. The van der Waals surface area contributed by atoms with Gasteiger partial charge in [-0.05, 0) is 33.6 Å². The Balaban J connectivity index is 1.68. The minimum absolute atomic E-state index is 0.0847. The number of aliphatic hydroxyl groups excluding tert-OH is 1. The van der Waals surface area contributed by atoms with Crippen LogP contribution in [0.25, 0.3) is 11.2 Å². The molecule has 2 aliphatic rings. The topological polar surface area (TPSA) is 97.9 Å². The third kappa shape index (κ3) is 3.19. The minimum Gasteiger partial charge on any atom is -0.388 e. The van der Waals surface area contributed by atoms with E-state index >= 15 is 0 Å². The predicted octanol–water partition coefficient (Wildman–Crippen LogP) is 1.65. The van der Waals surface area contributed by atoms with Gasteiger partial charge in [0.15, 0.2) is 22.8 Å². The molecule has 27 heavy (non-hydrogen) atoms. The maximum atomic E-state index is 11.0. The number of hydrogen-bond acceptors (Lipinski definition) is 7. The van der Waals surface area contributed by atoms with Crippen molar-refractivity contribution >= 4 is 22.8 Å². The summed E-state index contributed by atoms with van der Waals surface area (Å²) in [6.45, 7) is 5.67. The molecule has 2 fully saturated rings. The maximum absolute atomic E-state index is 11.0. The third-order valence-corrected chi connectivity index (χ3v) is 5.31. The van der Waals surface area contributed by atoms with Gasteiger partial charge in [-0.2, -0.15) is 0 Å². The standard InChI is InChI=1S/C18H26N6O3/c1-10(23(4)5)22-16-13-17(20-8-19-16)24(9-21-13)11-6-7-12-15(14(11)25)27-18(2,3)26-12/h8-9,11-12,14-15,25H,6-7H2,1-5H3/b22-10+/t11-,12-,14-,15-/m0/s1. The van der Waals surface area contributed by atoms with Crippen LogP contribution in [0.3, 0.4) is 0 Å². The van der Waals surface area contributed by atoms with Crippen molar-refractivity contribution in [2.75, 3.05) is 14.1 Å². The lowest BCUT2D eigenvalue weighted by atomic mass is 9.87. The molecule has 2 aromatic rings. The van der Waals surface area contributed by atoms with Gasteiger partial charge in [0.2, 0.25) is 0 Å². The lowest BCUT2D eigenvalue weighted by molar-refractivity contribution is -0.155. The molecule has 1 aliphatic carbocycles. The van der Waals surface area contributed by atoms with Gasteiger partial charge in [-0.15, -0.1) is 0 Å². The Labute approximate surface area is 158 Å². The van der Waals surface area contributed by atoms with Crippen molar-refractivity contribution in [3.05, 3.63) is 12.7 Å². The second-order valence-electron chi connectivity index (χ2n) is 7.85. The molecule has 4 rings (SSSR count). The Kier molecular flexibility index (Phi) is 4.40. The van der Waals surface area contributed by atoms with Gasteiger partial charge in [0, 0.05) is 14.1 Å². The van der Waals surface area contributed by atoms with Gasteiger partial charge >= 0.3 is 0 Å². The molecular weight excluding hydrogens is 348 g/mol. The third-order valence-electron chi connectivity index (χ3n) is 5.31. The summed E-state index contributed by atoms with van der Waals surface area (Å²) in [5.41, 5.74) is 1.29. The number of ether oxygens (including phenoxy) is 2. The van der Waals surface area contributed by atoms with Gasteiger partial charge in [-0.1, -0.05) is 0 Å². The summed E-state index contributed by atoms with van der Waals surface area (Å²) in [5.74, 6) is 0.675. The molecule has 146 valence electrons. The lowest BCUT2D eigenvalue weighted by Crippen LogP contribution is -2.45. The number of aliphatic hydroxyl groups is 1. The Morgan fingerprint density at radius 1 is 1.26 bits per heavy atom. The summed E-state index contributed by atoms with van der Waals surface area (Å²) in [6, 6.07) is -0.185. The van der Waals surface area contributed by atoms with E-state index in [1.807, 2.05) is 44.3 Å². The van der Waals surface area contributed by atoms with Gasteiger partial charge in [0.05, 0.1) is 18.5 Å². The first-order valence-electron chi connectivity index (χ1n) is 9.21. The number of rotatable bonds is 2. The quantitative estimate of drug-likeness (QED) is 0.630. The molecule has 0 amide bonds. The fourth-order valence-electron chi connectivity index (χ4n) is 3.82. The largest absolute Gasteiger partial charge is 0.388 e. The van der Waals surface area contributed by atoms with E-state index in [4.69, 9.17) is 9.47 Å². The molecule has 0 aromatic carbocycles. The Hall–Kier alpha value is -2.10. The minimum atomic E-state index is -0.701. The zero-order valence-electron chi connectivity index (χ0n) is 16.3. The van der Waals surface area contributed by atoms with E-state index in [9.17, 15) is 5.11 Å². The van der Waals surface area contributed by atoms with Crippen LogP contribution in [0.15, 0.2) is 17.6 Å². The van der Waals surface area contributed by atoms with Crippen LogP contribution in [0.2, 0.25) is 0 Å². The van der Waals surface area contributed by atoms with Crippen molar-refractivity contribution in [1.82, 2.24) is 24.4 Å². The molecule has 2 aromatic heterocycles. The normalized spacial score (nSPS) is 30.5. The highest BCUT2D eigenvalue weighted by molar-refractivity contribution is 5.88. The summed E-state index contributed by atoms with van der Waals surface area (Å²) < 4.78 is 13.8. The maximum Gasteiger partial charge on any atom is 0.185 e. The van der Waals surface area contributed by atoms with Crippen LogP contribution in [-0.4, -0.2) is 73.6 Å². The molecule has 0 radical (unpaired) electrons. The summed E-state index contributed by atoms with van der Waals surface area (Å²) >= 11 is 0. The molecule has 9 heteroatoms. The molecule has 0 bridgehead atoms. The van der Waals surface area contributed by atoms with Crippen LogP contribution in [0.5, 0.6) is 0 Å². The number of amidine groups is 1. The average molecular weight is 374 g/mol. The van der Waals surface area contributed by atoms with Crippen molar-refractivity contribution < 1.29 is 14.6 Å². The molecule has 1 aliphatic heterocycles. The molecule has 0 spiro atoms. The molecule has 9 nitrogen and oxygen atoms in total. The average Bonchev–Trinajstić information content (AvgIpc) is 3.16. The van der Waals surface area contributed by atoms with E-state index in [2.05, 4.69) is 19.9 Å². The van der Waals surface area contributed by atoms with E-state index in [0.29, 0.717) is 17.0 Å². The highest BCUT2D eigenvalue weighted by Gasteiger charge is 2.50. The summed E-state index contributed by atoms with van der Waals surface area (Å²) in [4.78, 5) is 19.6. The number of fused-ring (bicyclic) bond motifs is 2. The molecule has 3 heterocycles. The van der Waals surface area contributed by atoms with Crippen LogP contribution in [-0.2, 0) is 9.47 Å². The van der Waals surface area contributed by atoms with E-state index in [1.54, 1.807) is 6.33 Å². The van der Waals surface area contributed by atoms with E-state index in [-0.39, 0.29) is 18.2 Å². The summed E-state index contributed by atoms with van der Waals surface area (Å²) in [5, 5.41) is 11.0. The van der Waals surface area contributed by atoms with Crippen molar-refractivity contribution in [3.8, 4) is 0 Å². The van der Waals surface area contributed by atoms with E-state index in [1.165, 1.54) is 6.33 Å². The highest BCUT2D eigenvalue weighted by Crippen LogP contribution is 2.41. The molecule has 1 saturated carbocycles. The zero-order chi connectivity index (χ0) is 19.3. The monoisotopic (exact) mass is 374 g/mol. The second kappa shape index (κ2) is 6.50. The van der Waals surface area contributed by atoms with E-state index in [0.717, 1.165) is 18.7 Å². The Morgan fingerprint density at radius 3 is 2.78 bits per heavy atom. The van der Waals surface area contributed by atoms with Gasteiger partial charge in [-0.3, -0.25) is 0 Å². The highest BCUT2D eigenvalue weighted by atomic mass is 16.8. The number of aromatic nitrogens is 4. The van der Waals surface area contributed by atoms with Crippen molar-refractivity contribution in [2.45, 2.75) is 63.8 Å². The number of imidazole rings is 1. The molecule has 0 unspecified atom stereocenters. The smallest absolute Gasteiger partial charge is 0.185 e. The Bertz CT molecular complexity index is 877. The molecule has 4 atom stereocenters. The van der Waals surface area contributed by atoms with Crippen LogP contribution in [0, 0.1) is 0 Å². The second-order valence-corrected chi connectivity index (χ2v) is 7.85. The number of nitrogens with zero attached hydrogens (tertiary/aromatic N) is 6. The Morgan fingerprint density at radius 2 is 2.04 bits per heavy atom. The first kappa shape index (κ1) is 18.3. The van der Waals surface area contributed by atoms with Crippen molar-refractivity contribution in [3.63, 3.8) is 0 Å². The lowest BCUT2D eigenvalue weighted by Gasteiger charge is -2.35. The van der Waals surface area contributed by atoms with Gasteiger partial charge in [0.25, 0.3) is 0 Å². The molecule has 1 N–H and O–H groups in total. The summed E-state index contributed by atoms with van der Waals surface area (Å²) in [7, 11) is 3.85. The van der Waals surface area contributed by atoms with Gasteiger partial charge in [-0.25, -0.2) is 19.9 Å².